The number of carbonyl (C=O) groups is 1. The van der Waals surface area contributed by atoms with E-state index < -0.39 is 6.10 Å². The van der Waals surface area contributed by atoms with Crippen molar-refractivity contribution < 1.29 is 24.9 Å². The monoisotopic (exact) mass is 1060 g/mol. The summed E-state index contributed by atoms with van der Waals surface area (Å²) in [6, 6.07) is 29.3. The van der Waals surface area contributed by atoms with E-state index in [4.69, 9.17) is 16.3 Å². The van der Waals surface area contributed by atoms with Crippen LogP contribution in [0.15, 0.2) is 101 Å². The largest absolute Gasteiger partial charge is 0.506 e. The van der Waals surface area contributed by atoms with E-state index in [1.54, 1.807) is 12.1 Å². The Morgan fingerprint density at radius 3 is 2.14 bits per heavy atom. The van der Waals surface area contributed by atoms with E-state index in [2.05, 4.69) is 93.2 Å². The maximum absolute atomic E-state index is 13.2. The van der Waals surface area contributed by atoms with Gasteiger partial charge in [-0.3, -0.25) is 14.4 Å². The summed E-state index contributed by atoms with van der Waals surface area (Å²) in [6.45, 7) is 13.9. The highest BCUT2D eigenvalue weighted by molar-refractivity contribution is 7.99. The molecule has 0 aliphatic carbocycles. The summed E-state index contributed by atoms with van der Waals surface area (Å²) >= 11 is 10.2. The fraction of sp³-hybridized carbons (Fsp3) is 0.426. The van der Waals surface area contributed by atoms with Crippen LogP contribution in [0.5, 0.6) is 11.5 Å². The molecule has 18 heteroatoms. The maximum Gasteiger partial charge on any atom is 0.305 e. The number of halogens is 1. The summed E-state index contributed by atoms with van der Waals surface area (Å²) in [5, 5.41) is 43.8. The van der Waals surface area contributed by atoms with Crippen LogP contribution >= 0.6 is 46.0 Å². The molecule has 5 aromatic carbocycles. The van der Waals surface area contributed by atoms with Crippen LogP contribution in [0, 0.1) is 0 Å². The van der Waals surface area contributed by atoms with Crippen LogP contribution in [0.25, 0.3) is 31.2 Å². The summed E-state index contributed by atoms with van der Waals surface area (Å²) < 4.78 is 7.30. The summed E-state index contributed by atoms with van der Waals surface area (Å²) in [4.78, 5) is 45.7. The number of thiazole rings is 2. The zero-order chi connectivity index (χ0) is 51.1. The van der Waals surface area contributed by atoms with Crippen molar-refractivity contribution in [1.82, 2.24) is 35.7 Å². The number of phenols is 2. The van der Waals surface area contributed by atoms with Gasteiger partial charge in [0.15, 0.2) is 0 Å². The molecule has 1 unspecified atom stereocenters. The second kappa shape index (κ2) is 30.4. The molecule has 8 N–H and O–H groups in total. The third-order valence-corrected chi connectivity index (χ3v) is 15.8. The van der Waals surface area contributed by atoms with E-state index in [-0.39, 0.29) is 27.2 Å². The van der Waals surface area contributed by atoms with Gasteiger partial charge in [-0.15, -0.1) is 0 Å². The smallest absolute Gasteiger partial charge is 0.305 e. The fourth-order valence-corrected chi connectivity index (χ4v) is 11.2. The second-order valence-electron chi connectivity index (χ2n) is 17.3. The van der Waals surface area contributed by atoms with Crippen LogP contribution < -0.4 is 25.7 Å². The number of H-pyrrole nitrogens is 2. The quantitative estimate of drug-likeness (QED) is 0.0203. The number of likely N-dealkylation sites (N-methyl/N-ethyl adjacent to an activating group) is 1. The predicted octanol–water partition coefficient (Wildman–Crippen LogP) is 7.93. The number of aliphatic hydroxyl groups is 1. The number of aromatic nitrogens is 2. The Balaban J connectivity index is 0.000000245. The molecule has 0 radical (unpaired) electrons. The molecule has 7 aromatic rings. The van der Waals surface area contributed by atoms with E-state index in [1.807, 2.05) is 40.9 Å². The topological polar surface area (TPSA) is 195 Å². The van der Waals surface area contributed by atoms with Gasteiger partial charge in [-0.1, -0.05) is 121 Å². The molecule has 0 saturated heterocycles. The van der Waals surface area contributed by atoms with Gasteiger partial charge in [0.2, 0.25) is 5.91 Å². The molecule has 1 amide bonds. The standard InChI is InChI=1S/C32H42N4O4S.C22H28ClN3O3S2/c1-3-35(4-2)20-21-36(19-18-33-17-14-26-12-13-28(37)30-31(26)41-32(39)34-30)29(38)16-23-40-22-15-25-10-7-9-24-8-5-6-11-27(24)25;23-17-5-2-1-4-15(17)8-10-24-9-3-12-30-13-11-25-14-19(28)16-6-7-18(27)20-21(16)31-22(29)26-20/h5-13,33,37H,3-4,14-23H2,1-2H3,(H,34,39);1-2,4-7,19,24-25,27-28H,3,8-14H2,(H,26,29). The summed E-state index contributed by atoms with van der Waals surface area (Å²) in [7, 11) is 0. The third-order valence-electron chi connectivity index (χ3n) is 12.4. The Kier molecular flexibility index (Phi) is 23.9. The number of fused-ring (bicyclic) bond motifs is 3. The van der Waals surface area contributed by atoms with Crippen molar-refractivity contribution in [3.8, 4) is 11.5 Å². The van der Waals surface area contributed by atoms with Crippen LogP contribution in [-0.2, 0) is 28.8 Å². The first-order chi connectivity index (χ1) is 35.1. The summed E-state index contributed by atoms with van der Waals surface area (Å²) in [5.74, 6) is 2.28. The molecule has 0 spiro atoms. The number of thioether (sulfide) groups is 1. The van der Waals surface area contributed by atoms with Crippen molar-refractivity contribution in [2.75, 3.05) is 96.7 Å². The van der Waals surface area contributed by atoms with E-state index in [0.29, 0.717) is 73.7 Å². The number of carbonyl (C=O) groups excluding carboxylic acids is 1. The zero-order valence-corrected chi connectivity index (χ0v) is 44.6. The van der Waals surface area contributed by atoms with E-state index in [1.165, 1.54) is 28.0 Å². The number of aromatic amines is 2. The molecule has 0 bridgehead atoms. The highest BCUT2D eigenvalue weighted by atomic mass is 35.5. The lowest BCUT2D eigenvalue weighted by atomic mass is 10.0. The maximum atomic E-state index is 13.2. The number of ether oxygens (including phenoxy) is 1. The minimum atomic E-state index is -0.734. The van der Waals surface area contributed by atoms with E-state index in [9.17, 15) is 29.7 Å². The van der Waals surface area contributed by atoms with Gasteiger partial charge < -0.3 is 55.8 Å². The molecule has 7 rings (SSSR count). The Bertz CT molecular complexity index is 2860. The Morgan fingerprint density at radius 2 is 1.36 bits per heavy atom. The number of benzene rings is 5. The van der Waals surface area contributed by atoms with Crippen molar-refractivity contribution >= 4 is 83.1 Å². The fourth-order valence-electron chi connectivity index (χ4n) is 8.35. The molecule has 72 heavy (non-hydrogen) atoms. The van der Waals surface area contributed by atoms with Gasteiger partial charge in [0, 0.05) is 55.6 Å². The first-order valence-corrected chi connectivity index (χ1v) is 28.1. The van der Waals surface area contributed by atoms with Crippen molar-refractivity contribution in [1.29, 1.82) is 0 Å². The van der Waals surface area contributed by atoms with Crippen LogP contribution in [0.2, 0.25) is 5.02 Å². The molecule has 0 aliphatic rings. The number of aliphatic hydroxyl groups excluding tert-OH is 1. The highest BCUT2D eigenvalue weighted by Crippen LogP contribution is 2.31. The number of phenolic OH excluding ortho intramolecular Hbond substituents is 2. The minimum absolute atomic E-state index is 0.0204. The first-order valence-electron chi connectivity index (χ1n) is 24.9. The van der Waals surface area contributed by atoms with Gasteiger partial charge in [-0.25, -0.2) is 0 Å². The van der Waals surface area contributed by atoms with Gasteiger partial charge >= 0.3 is 9.75 Å². The van der Waals surface area contributed by atoms with Crippen LogP contribution in [0.3, 0.4) is 0 Å². The number of hydrogen-bond donors (Lipinski definition) is 8. The third kappa shape index (κ3) is 17.4. The first kappa shape index (κ1) is 56.5. The van der Waals surface area contributed by atoms with E-state index >= 15 is 0 Å². The van der Waals surface area contributed by atoms with Gasteiger partial charge in [0.05, 0.1) is 35.1 Å². The summed E-state index contributed by atoms with van der Waals surface area (Å²) in [6.07, 6.45) is 3.22. The Hall–Kier alpha value is -4.79. The van der Waals surface area contributed by atoms with Gasteiger partial charge in [-0.05, 0) is 110 Å². The van der Waals surface area contributed by atoms with Crippen molar-refractivity contribution in [3.05, 3.63) is 138 Å². The molecule has 1 atom stereocenters. The van der Waals surface area contributed by atoms with Crippen molar-refractivity contribution in [2.24, 2.45) is 0 Å². The average Bonchev–Trinajstić information content (AvgIpc) is 3.99. The van der Waals surface area contributed by atoms with Crippen LogP contribution in [-0.4, -0.2) is 138 Å². The molecule has 0 fully saturated rings. The number of amides is 1. The number of hydrogen-bond acceptors (Lipinski definition) is 14. The lowest BCUT2D eigenvalue weighted by Crippen LogP contribution is -2.42. The summed E-state index contributed by atoms with van der Waals surface area (Å²) in [5.41, 5.74) is 5.01. The van der Waals surface area contributed by atoms with Gasteiger partial charge in [-0.2, -0.15) is 11.8 Å². The van der Waals surface area contributed by atoms with Crippen LogP contribution in [0.4, 0.5) is 0 Å². The number of nitrogens with one attached hydrogen (secondary N) is 5. The normalized spacial score (nSPS) is 12.0. The lowest BCUT2D eigenvalue weighted by Gasteiger charge is -2.27. The SMILES string of the molecule is CCN(CC)CCN(CCNCCc1ccc(O)c2[nH]c(=O)sc12)C(=O)CCOCCc1cccc2ccccc12.O=c1[nH]c2c(O)ccc(C(O)CNCCSCCCNCCc3ccccc3Cl)c2s1. The van der Waals surface area contributed by atoms with Crippen molar-refractivity contribution in [2.45, 2.75) is 52.1 Å². The lowest BCUT2D eigenvalue weighted by molar-refractivity contribution is -0.132. The highest BCUT2D eigenvalue weighted by Gasteiger charge is 2.17. The van der Waals surface area contributed by atoms with E-state index in [0.717, 1.165) is 114 Å². The van der Waals surface area contributed by atoms with Gasteiger partial charge in [0.25, 0.3) is 0 Å². The number of aromatic hydroxyl groups is 2. The molecule has 2 aromatic heterocycles. The number of rotatable bonds is 30. The Labute approximate surface area is 439 Å². The average molecular weight is 1060 g/mol. The van der Waals surface area contributed by atoms with Crippen molar-refractivity contribution in [3.63, 3.8) is 0 Å². The second-order valence-corrected chi connectivity index (χ2v) is 20.9. The minimum Gasteiger partial charge on any atom is -0.506 e. The molecule has 0 saturated carbocycles. The predicted molar refractivity (Wildman–Crippen MR) is 300 cm³/mol. The molecule has 388 valence electrons. The zero-order valence-electron chi connectivity index (χ0n) is 41.4. The molecular formula is C54H70ClN7O7S3. The molecular weight excluding hydrogens is 990 g/mol. The molecule has 14 nitrogen and oxygen atoms in total. The Morgan fingerprint density at radius 1 is 0.694 bits per heavy atom. The number of nitrogens with zero attached hydrogens (tertiary/aromatic N) is 2. The molecule has 2 heterocycles. The van der Waals surface area contributed by atoms with Gasteiger partial charge in [0.1, 0.15) is 22.5 Å². The van der Waals surface area contributed by atoms with Crippen LogP contribution in [0.1, 0.15) is 55.0 Å². The molecule has 0 aliphatic heterocycles.